The summed E-state index contributed by atoms with van der Waals surface area (Å²) < 4.78 is 5.42. The third-order valence-corrected chi connectivity index (χ3v) is 2.90. The van der Waals surface area contributed by atoms with Crippen LogP contribution < -0.4 is 0 Å². The highest BCUT2D eigenvalue weighted by Crippen LogP contribution is 2.32. The van der Waals surface area contributed by atoms with Crippen molar-refractivity contribution in [1.82, 2.24) is 10.1 Å². The lowest BCUT2D eigenvalue weighted by atomic mass is 9.96. The average molecular weight is 218 g/mol. The summed E-state index contributed by atoms with van der Waals surface area (Å²) in [7, 11) is 0. The number of rotatable bonds is 2. The monoisotopic (exact) mass is 218 g/mol. The Morgan fingerprint density at radius 1 is 1.12 bits per heavy atom. The number of nitrogens with zero attached hydrogens (tertiary/aromatic N) is 2. The first kappa shape index (κ1) is 11.1. The van der Waals surface area contributed by atoms with E-state index in [2.05, 4.69) is 37.8 Å². The first-order valence-electron chi connectivity index (χ1n) is 5.77. The van der Waals surface area contributed by atoms with E-state index in [9.17, 15) is 0 Å². The third-order valence-electron chi connectivity index (χ3n) is 2.90. The molecule has 0 unspecified atom stereocenters. The first-order valence-corrected chi connectivity index (χ1v) is 5.77. The Bertz CT molecular complexity index is 512. The van der Waals surface area contributed by atoms with Gasteiger partial charge in [0.25, 0.3) is 0 Å². The molecule has 2 aromatic rings. The molecule has 2 rings (SSSR count). The van der Waals surface area contributed by atoms with Crippen molar-refractivity contribution in [3.8, 4) is 0 Å². The molecule has 0 fully saturated rings. The Hall–Kier alpha value is -1.38. The molecule has 0 aliphatic rings. The lowest BCUT2D eigenvalue weighted by Gasteiger charge is -2.09. The minimum Gasteiger partial charge on any atom is -0.354 e. The molecule has 0 spiro atoms. The highest BCUT2D eigenvalue weighted by atomic mass is 16.5. The van der Waals surface area contributed by atoms with E-state index in [1.54, 1.807) is 0 Å². The molecule has 0 amide bonds. The molecule has 0 aliphatic heterocycles. The van der Waals surface area contributed by atoms with Crippen LogP contribution in [0.3, 0.4) is 0 Å². The molecule has 0 atom stereocenters. The van der Waals surface area contributed by atoms with Crippen molar-refractivity contribution >= 4 is 11.0 Å². The fourth-order valence-corrected chi connectivity index (χ4v) is 1.95. The van der Waals surface area contributed by atoms with Crippen molar-refractivity contribution in [3.63, 3.8) is 0 Å². The van der Waals surface area contributed by atoms with Crippen molar-refractivity contribution < 1.29 is 4.52 Å². The normalized spacial score (nSPS) is 11.9. The molecule has 3 heteroatoms. The SMILES string of the molecule is Cc1ncc(C(C)C)c2c(C(C)C)noc12. The van der Waals surface area contributed by atoms with Gasteiger partial charge in [0.05, 0.1) is 16.8 Å². The van der Waals surface area contributed by atoms with Crippen LogP contribution in [0.4, 0.5) is 0 Å². The van der Waals surface area contributed by atoms with E-state index in [-0.39, 0.29) is 0 Å². The van der Waals surface area contributed by atoms with Crippen molar-refractivity contribution in [2.24, 2.45) is 0 Å². The van der Waals surface area contributed by atoms with Gasteiger partial charge in [0.15, 0.2) is 5.58 Å². The Labute approximate surface area is 95.9 Å². The van der Waals surface area contributed by atoms with Gasteiger partial charge in [-0.2, -0.15) is 0 Å². The molecule has 0 N–H and O–H groups in total. The zero-order chi connectivity index (χ0) is 11.9. The van der Waals surface area contributed by atoms with Gasteiger partial charge in [0.1, 0.15) is 0 Å². The third kappa shape index (κ3) is 1.60. The zero-order valence-electron chi connectivity index (χ0n) is 10.5. The number of hydrogen-bond donors (Lipinski definition) is 0. The van der Waals surface area contributed by atoms with Gasteiger partial charge in [0, 0.05) is 6.20 Å². The minimum absolute atomic E-state index is 0.376. The molecule has 0 radical (unpaired) electrons. The maximum absolute atomic E-state index is 5.42. The van der Waals surface area contributed by atoms with Gasteiger partial charge < -0.3 is 4.52 Å². The van der Waals surface area contributed by atoms with Crippen molar-refractivity contribution in [2.75, 3.05) is 0 Å². The van der Waals surface area contributed by atoms with Crippen LogP contribution in [0.25, 0.3) is 11.0 Å². The average Bonchev–Trinajstić information content (AvgIpc) is 2.62. The second-order valence-electron chi connectivity index (χ2n) is 4.88. The van der Waals surface area contributed by atoms with Gasteiger partial charge in [-0.3, -0.25) is 4.98 Å². The zero-order valence-corrected chi connectivity index (χ0v) is 10.5. The lowest BCUT2D eigenvalue weighted by molar-refractivity contribution is 0.439. The molecule has 0 aromatic carbocycles. The van der Waals surface area contributed by atoms with Crippen LogP contribution in [0.1, 0.15) is 56.5 Å². The van der Waals surface area contributed by atoms with Crippen molar-refractivity contribution in [1.29, 1.82) is 0 Å². The molecule has 2 heterocycles. The van der Waals surface area contributed by atoms with Crippen LogP contribution in [0.15, 0.2) is 10.7 Å². The van der Waals surface area contributed by atoms with Gasteiger partial charge in [-0.25, -0.2) is 0 Å². The van der Waals surface area contributed by atoms with Gasteiger partial charge in [-0.15, -0.1) is 0 Å². The Morgan fingerprint density at radius 2 is 1.81 bits per heavy atom. The standard InChI is InChI=1S/C13H18N2O/c1-7(2)10-6-14-9(5)13-11(10)12(8(3)4)15-16-13/h6-8H,1-5H3. The summed E-state index contributed by atoms with van der Waals surface area (Å²) in [6.07, 6.45) is 1.95. The van der Waals surface area contributed by atoms with Crippen LogP contribution in [-0.4, -0.2) is 10.1 Å². The molecule has 16 heavy (non-hydrogen) atoms. The van der Waals surface area contributed by atoms with E-state index in [0.29, 0.717) is 11.8 Å². The van der Waals surface area contributed by atoms with Crippen molar-refractivity contribution in [2.45, 2.75) is 46.5 Å². The number of aromatic nitrogens is 2. The topological polar surface area (TPSA) is 38.9 Å². The molecule has 3 nitrogen and oxygen atoms in total. The smallest absolute Gasteiger partial charge is 0.188 e. The van der Waals surface area contributed by atoms with E-state index in [1.807, 2.05) is 13.1 Å². The summed E-state index contributed by atoms with van der Waals surface area (Å²) >= 11 is 0. The quantitative estimate of drug-likeness (QED) is 0.770. The molecule has 86 valence electrons. The van der Waals surface area contributed by atoms with Crippen LogP contribution in [0, 0.1) is 6.92 Å². The highest BCUT2D eigenvalue weighted by Gasteiger charge is 2.19. The molecular weight excluding hydrogens is 200 g/mol. The Morgan fingerprint density at radius 3 is 2.38 bits per heavy atom. The molecule has 0 aliphatic carbocycles. The second-order valence-corrected chi connectivity index (χ2v) is 4.88. The molecule has 0 saturated heterocycles. The summed E-state index contributed by atoms with van der Waals surface area (Å²) in [4.78, 5) is 4.37. The van der Waals surface area contributed by atoms with E-state index in [4.69, 9.17) is 4.52 Å². The van der Waals surface area contributed by atoms with Crippen LogP contribution in [-0.2, 0) is 0 Å². The Kier molecular flexibility index (Phi) is 2.70. The van der Waals surface area contributed by atoms with E-state index >= 15 is 0 Å². The van der Waals surface area contributed by atoms with Gasteiger partial charge >= 0.3 is 0 Å². The summed E-state index contributed by atoms with van der Waals surface area (Å²) in [6, 6.07) is 0. The second kappa shape index (κ2) is 3.89. The van der Waals surface area contributed by atoms with E-state index in [0.717, 1.165) is 22.4 Å². The predicted molar refractivity (Wildman–Crippen MR) is 64.7 cm³/mol. The van der Waals surface area contributed by atoms with E-state index in [1.165, 1.54) is 5.56 Å². The lowest BCUT2D eigenvalue weighted by Crippen LogP contribution is -1.96. The fourth-order valence-electron chi connectivity index (χ4n) is 1.95. The minimum atomic E-state index is 0.376. The van der Waals surface area contributed by atoms with Crippen molar-refractivity contribution in [3.05, 3.63) is 23.1 Å². The molecular formula is C13H18N2O. The maximum atomic E-state index is 5.42. The number of aryl methyl sites for hydroxylation is 1. The van der Waals surface area contributed by atoms with E-state index < -0.39 is 0 Å². The molecule has 0 bridgehead atoms. The summed E-state index contributed by atoms with van der Waals surface area (Å²) in [5.74, 6) is 0.813. The first-order chi connectivity index (χ1) is 7.52. The Balaban J connectivity index is 2.81. The van der Waals surface area contributed by atoms with Crippen LogP contribution >= 0.6 is 0 Å². The summed E-state index contributed by atoms with van der Waals surface area (Å²) in [5, 5.41) is 5.35. The fraction of sp³-hybridized carbons (Fsp3) is 0.538. The van der Waals surface area contributed by atoms with Crippen LogP contribution in [0.5, 0.6) is 0 Å². The molecule has 2 aromatic heterocycles. The van der Waals surface area contributed by atoms with Gasteiger partial charge in [0.2, 0.25) is 0 Å². The number of hydrogen-bond acceptors (Lipinski definition) is 3. The summed E-state index contributed by atoms with van der Waals surface area (Å²) in [5.41, 5.74) is 4.03. The highest BCUT2D eigenvalue weighted by molar-refractivity contribution is 5.85. The van der Waals surface area contributed by atoms with Gasteiger partial charge in [-0.05, 0) is 24.3 Å². The number of pyridine rings is 1. The molecule has 0 saturated carbocycles. The maximum Gasteiger partial charge on any atom is 0.188 e. The number of fused-ring (bicyclic) bond motifs is 1. The summed E-state index contributed by atoms with van der Waals surface area (Å²) in [6.45, 7) is 10.6. The largest absolute Gasteiger partial charge is 0.354 e. The van der Waals surface area contributed by atoms with Gasteiger partial charge in [-0.1, -0.05) is 32.9 Å². The predicted octanol–water partition coefficient (Wildman–Crippen LogP) is 3.78. The van der Waals surface area contributed by atoms with Crippen LogP contribution in [0.2, 0.25) is 0 Å².